The maximum absolute atomic E-state index is 11.6. The van der Waals surface area contributed by atoms with Crippen LogP contribution >= 0.6 is 0 Å². The Hall–Kier alpha value is -1.37. The van der Waals surface area contributed by atoms with Crippen LogP contribution in [0.2, 0.25) is 0 Å². The summed E-state index contributed by atoms with van der Waals surface area (Å²) in [7, 11) is 0. The van der Waals surface area contributed by atoms with Crippen molar-refractivity contribution in [3.8, 4) is 0 Å². The first-order valence-corrected chi connectivity index (χ1v) is 9.82. The highest BCUT2D eigenvalue weighted by molar-refractivity contribution is 5.90. The molecule has 1 atom stereocenters. The average molecular weight is 364 g/mol. The number of carbonyl (C=O) groups is 1. The van der Waals surface area contributed by atoms with Gasteiger partial charge < -0.3 is 14.9 Å². The minimum absolute atomic E-state index is 0.154. The molecule has 6 heteroatoms. The molecule has 2 fully saturated rings. The summed E-state index contributed by atoms with van der Waals surface area (Å²) in [5.41, 5.74) is 6.40. The van der Waals surface area contributed by atoms with E-state index in [4.69, 9.17) is 14.9 Å². The fourth-order valence-corrected chi connectivity index (χ4v) is 4.08. The molecule has 1 unspecified atom stereocenters. The molecule has 6 nitrogen and oxygen atoms in total. The van der Waals surface area contributed by atoms with Gasteiger partial charge in [0.1, 0.15) is 5.76 Å². The van der Waals surface area contributed by atoms with Gasteiger partial charge in [0, 0.05) is 43.2 Å². The minimum atomic E-state index is -0.495. The van der Waals surface area contributed by atoms with Crippen molar-refractivity contribution in [2.24, 2.45) is 5.73 Å². The summed E-state index contributed by atoms with van der Waals surface area (Å²) in [5, 5.41) is 0. The minimum Gasteiger partial charge on any atom is -0.455 e. The summed E-state index contributed by atoms with van der Waals surface area (Å²) in [6, 6.07) is 2.39. The first kappa shape index (κ1) is 19.4. The van der Waals surface area contributed by atoms with Crippen molar-refractivity contribution in [1.29, 1.82) is 0 Å². The Bertz CT molecular complexity index is 614. The SMILES string of the molecule is CC(C)(C)c1oc(C(N)=O)cc1CN1CCCCC1CN1CCOCC1. The van der Waals surface area contributed by atoms with Gasteiger partial charge in [-0.05, 0) is 25.5 Å². The van der Waals surface area contributed by atoms with E-state index in [1.165, 1.54) is 19.3 Å². The van der Waals surface area contributed by atoms with Gasteiger partial charge in [-0.15, -0.1) is 0 Å². The summed E-state index contributed by atoms with van der Waals surface area (Å²) in [4.78, 5) is 16.7. The van der Waals surface area contributed by atoms with Crippen molar-refractivity contribution >= 4 is 5.91 Å². The third kappa shape index (κ3) is 4.67. The molecule has 3 rings (SSSR count). The van der Waals surface area contributed by atoms with Crippen LogP contribution in [0.4, 0.5) is 0 Å². The van der Waals surface area contributed by atoms with E-state index in [9.17, 15) is 4.79 Å². The van der Waals surface area contributed by atoms with E-state index in [2.05, 4.69) is 30.6 Å². The number of nitrogens with zero attached hydrogens (tertiary/aromatic N) is 2. The molecule has 2 aliphatic heterocycles. The van der Waals surface area contributed by atoms with E-state index < -0.39 is 5.91 Å². The summed E-state index contributed by atoms with van der Waals surface area (Å²) in [6.45, 7) is 13.1. The fraction of sp³-hybridized carbons (Fsp3) is 0.750. The zero-order valence-corrected chi connectivity index (χ0v) is 16.4. The topological polar surface area (TPSA) is 71.9 Å². The molecule has 0 saturated carbocycles. The molecule has 1 amide bonds. The van der Waals surface area contributed by atoms with E-state index in [0.717, 1.165) is 57.3 Å². The molecule has 1 aromatic rings. The number of primary amides is 1. The fourth-order valence-electron chi connectivity index (χ4n) is 4.08. The third-order valence-corrected chi connectivity index (χ3v) is 5.43. The molecular formula is C20H33N3O3. The molecule has 0 spiro atoms. The van der Waals surface area contributed by atoms with E-state index in [1.54, 1.807) is 0 Å². The van der Waals surface area contributed by atoms with Crippen LogP contribution in [0.5, 0.6) is 0 Å². The zero-order chi connectivity index (χ0) is 18.7. The van der Waals surface area contributed by atoms with E-state index in [0.29, 0.717) is 6.04 Å². The lowest BCUT2D eigenvalue weighted by Gasteiger charge is -2.39. The van der Waals surface area contributed by atoms with Crippen LogP contribution in [0.3, 0.4) is 0 Å². The Balaban J connectivity index is 1.75. The number of hydrogen-bond acceptors (Lipinski definition) is 5. The van der Waals surface area contributed by atoms with Gasteiger partial charge in [-0.2, -0.15) is 0 Å². The molecule has 2 aliphatic rings. The molecular weight excluding hydrogens is 330 g/mol. The third-order valence-electron chi connectivity index (χ3n) is 5.43. The quantitative estimate of drug-likeness (QED) is 0.869. The number of morpholine rings is 1. The number of ether oxygens (including phenoxy) is 1. The number of nitrogens with two attached hydrogens (primary N) is 1. The molecule has 2 N–H and O–H groups in total. The Labute approximate surface area is 156 Å². The number of furan rings is 1. The van der Waals surface area contributed by atoms with Crippen LogP contribution in [-0.2, 0) is 16.7 Å². The van der Waals surface area contributed by atoms with Gasteiger partial charge in [0.2, 0.25) is 0 Å². The van der Waals surface area contributed by atoms with Gasteiger partial charge in [0.05, 0.1) is 13.2 Å². The smallest absolute Gasteiger partial charge is 0.284 e. The predicted octanol–water partition coefficient (Wildman–Crippen LogP) is 2.36. The lowest BCUT2D eigenvalue weighted by atomic mass is 9.90. The van der Waals surface area contributed by atoms with Crippen LogP contribution in [0, 0.1) is 0 Å². The van der Waals surface area contributed by atoms with Crippen molar-refractivity contribution in [1.82, 2.24) is 9.80 Å². The second kappa shape index (κ2) is 8.11. The first-order chi connectivity index (χ1) is 12.3. The normalized spacial score (nSPS) is 23.3. The second-order valence-electron chi connectivity index (χ2n) is 8.61. The monoisotopic (exact) mass is 363 g/mol. The summed E-state index contributed by atoms with van der Waals surface area (Å²) in [5.74, 6) is 0.652. The molecule has 0 bridgehead atoms. The van der Waals surface area contributed by atoms with Gasteiger partial charge in [0.25, 0.3) is 5.91 Å². The van der Waals surface area contributed by atoms with Crippen molar-refractivity contribution in [3.05, 3.63) is 23.2 Å². The van der Waals surface area contributed by atoms with Crippen LogP contribution < -0.4 is 5.73 Å². The number of rotatable bonds is 5. The van der Waals surface area contributed by atoms with Crippen LogP contribution in [-0.4, -0.2) is 61.1 Å². The number of carbonyl (C=O) groups excluding carboxylic acids is 1. The van der Waals surface area contributed by atoms with Crippen LogP contribution in [0.15, 0.2) is 10.5 Å². The zero-order valence-electron chi connectivity index (χ0n) is 16.4. The van der Waals surface area contributed by atoms with E-state index >= 15 is 0 Å². The molecule has 146 valence electrons. The number of likely N-dealkylation sites (tertiary alicyclic amines) is 1. The number of piperidine rings is 1. The largest absolute Gasteiger partial charge is 0.455 e. The van der Waals surface area contributed by atoms with Gasteiger partial charge in [-0.1, -0.05) is 27.2 Å². The average Bonchev–Trinajstić information content (AvgIpc) is 3.02. The maximum atomic E-state index is 11.6. The van der Waals surface area contributed by atoms with Crippen molar-refractivity contribution in [3.63, 3.8) is 0 Å². The Morgan fingerprint density at radius 2 is 1.96 bits per heavy atom. The molecule has 2 saturated heterocycles. The summed E-state index contributed by atoms with van der Waals surface area (Å²) >= 11 is 0. The summed E-state index contributed by atoms with van der Waals surface area (Å²) in [6.07, 6.45) is 3.74. The van der Waals surface area contributed by atoms with Crippen molar-refractivity contribution in [2.75, 3.05) is 39.4 Å². The van der Waals surface area contributed by atoms with Gasteiger partial charge in [-0.3, -0.25) is 14.6 Å². The Kier molecular flexibility index (Phi) is 6.05. The van der Waals surface area contributed by atoms with Crippen molar-refractivity contribution in [2.45, 2.75) is 58.0 Å². The van der Waals surface area contributed by atoms with Gasteiger partial charge >= 0.3 is 0 Å². The highest BCUT2D eigenvalue weighted by Gasteiger charge is 2.30. The van der Waals surface area contributed by atoms with Crippen LogP contribution in [0.25, 0.3) is 0 Å². The lowest BCUT2D eigenvalue weighted by molar-refractivity contribution is 0.0152. The Morgan fingerprint density at radius 1 is 1.23 bits per heavy atom. The Morgan fingerprint density at radius 3 is 2.62 bits per heavy atom. The molecule has 0 aliphatic carbocycles. The van der Waals surface area contributed by atoms with E-state index in [-0.39, 0.29) is 11.2 Å². The molecule has 0 aromatic carbocycles. The molecule has 26 heavy (non-hydrogen) atoms. The molecule has 0 radical (unpaired) electrons. The maximum Gasteiger partial charge on any atom is 0.284 e. The van der Waals surface area contributed by atoms with Gasteiger partial charge in [-0.25, -0.2) is 0 Å². The standard InChI is InChI=1S/C20H33N3O3/c1-20(2,3)18-15(12-17(26-18)19(21)24)13-23-7-5-4-6-16(23)14-22-8-10-25-11-9-22/h12,16H,4-11,13-14H2,1-3H3,(H2,21,24). The number of hydrogen-bond donors (Lipinski definition) is 1. The highest BCUT2D eigenvalue weighted by Crippen LogP contribution is 2.31. The van der Waals surface area contributed by atoms with Crippen molar-refractivity contribution < 1.29 is 13.9 Å². The summed E-state index contributed by atoms with van der Waals surface area (Å²) < 4.78 is 11.3. The van der Waals surface area contributed by atoms with E-state index in [1.807, 2.05) is 6.07 Å². The molecule has 1 aromatic heterocycles. The highest BCUT2D eigenvalue weighted by atomic mass is 16.5. The lowest BCUT2D eigenvalue weighted by Crippen LogP contribution is -2.49. The van der Waals surface area contributed by atoms with Crippen LogP contribution in [0.1, 0.15) is 61.9 Å². The number of amides is 1. The first-order valence-electron chi connectivity index (χ1n) is 9.82. The predicted molar refractivity (Wildman–Crippen MR) is 101 cm³/mol. The van der Waals surface area contributed by atoms with Gasteiger partial charge in [0.15, 0.2) is 5.76 Å². The second-order valence-corrected chi connectivity index (χ2v) is 8.61. The molecule has 3 heterocycles.